The maximum Gasteiger partial charge on any atom is 0.125 e. The highest BCUT2D eigenvalue weighted by molar-refractivity contribution is 6.00. The fourth-order valence-corrected chi connectivity index (χ4v) is 1.58. The summed E-state index contributed by atoms with van der Waals surface area (Å²) in [4.78, 5) is 5.84. The van der Waals surface area contributed by atoms with Crippen LogP contribution in [0, 0.1) is 5.41 Å². The first-order valence-electron chi connectivity index (χ1n) is 5.03. The zero-order valence-electron chi connectivity index (χ0n) is 9.86. The lowest BCUT2D eigenvalue weighted by Crippen LogP contribution is -2.37. The van der Waals surface area contributed by atoms with E-state index in [9.17, 15) is 5.11 Å². The summed E-state index contributed by atoms with van der Waals surface area (Å²) in [5.74, 6) is -0.00000378. The Hall–Kier alpha value is -1.62. The van der Waals surface area contributed by atoms with Crippen LogP contribution in [0.5, 0.6) is 0 Å². The van der Waals surface area contributed by atoms with Crippen LogP contribution in [-0.2, 0) is 0 Å². The maximum absolute atomic E-state index is 9.73. The third kappa shape index (κ3) is 3.20. The topological polar surface area (TPSA) is 86.2 Å². The first-order valence-corrected chi connectivity index (χ1v) is 5.03. The number of likely N-dealkylation sites (N-methyl/N-ethyl adjacent to an activating group) is 1. The average Bonchev–Trinajstić information content (AvgIpc) is 2.15. The van der Waals surface area contributed by atoms with Crippen molar-refractivity contribution in [3.8, 4) is 0 Å². The van der Waals surface area contributed by atoms with Crippen molar-refractivity contribution < 1.29 is 5.11 Å². The Morgan fingerprint density at radius 3 is 2.75 bits per heavy atom. The average molecular weight is 222 g/mol. The lowest BCUT2D eigenvalue weighted by Gasteiger charge is -2.28. The van der Waals surface area contributed by atoms with Crippen molar-refractivity contribution in [2.24, 2.45) is 5.73 Å². The van der Waals surface area contributed by atoms with Gasteiger partial charge in [-0.15, -0.1) is 0 Å². The molecule has 16 heavy (non-hydrogen) atoms. The molecule has 1 heterocycles. The van der Waals surface area contributed by atoms with Crippen LogP contribution in [0.25, 0.3) is 0 Å². The number of nitrogens with one attached hydrogen (secondary N) is 1. The molecule has 1 aromatic heterocycles. The summed E-state index contributed by atoms with van der Waals surface area (Å²) in [6.45, 7) is 3.90. The highest BCUT2D eigenvalue weighted by Crippen LogP contribution is 2.19. The van der Waals surface area contributed by atoms with E-state index in [-0.39, 0.29) is 5.84 Å². The molecule has 0 aliphatic rings. The van der Waals surface area contributed by atoms with E-state index in [2.05, 4.69) is 4.98 Å². The number of aliphatic hydroxyl groups is 1. The molecule has 0 bridgehead atoms. The van der Waals surface area contributed by atoms with Gasteiger partial charge in [0.25, 0.3) is 0 Å². The normalized spacial score (nSPS) is 11.2. The number of nitrogens with two attached hydrogens (primary N) is 1. The summed E-state index contributed by atoms with van der Waals surface area (Å²) in [5.41, 5.74) is 6.05. The van der Waals surface area contributed by atoms with Gasteiger partial charge in [-0.2, -0.15) is 0 Å². The fraction of sp³-hybridized carbons (Fsp3) is 0.455. The summed E-state index contributed by atoms with van der Waals surface area (Å²) in [6, 6.07) is 1.69. The van der Waals surface area contributed by atoms with E-state index < -0.39 is 5.60 Å². The molecule has 1 rings (SSSR count). The molecule has 0 fully saturated rings. The van der Waals surface area contributed by atoms with Crippen molar-refractivity contribution in [2.75, 3.05) is 18.5 Å². The van der Waals surface area contributed by atoms with Crippen molar-refractivity contribution in [3.63, 3.8) is 0 Å². The molecular weight excluding hydrogens is 204 g/mol. The Labute approximate surface area is 95.4 Å². The standard InChI is InChI=1S/C11H18N4O/c1-11(2,16)7-15(3)9-6-14-5-4-8(9)10(12)13/h4-6,16H,7H2,1-3H3,(H3,12,13). The number of pyridine rings is 1. The van der Waals surface area contributed by atoms with Crippen LogP contribution in [0.4, 0.5) is 5.69 Å². The van der Waals surface area contributed by atoms with Crippen LogP contribution in [0.3, 0.4) is 0 Å². The second-order valence-corrected chi connectivity index (χ2v) is 4.47. The van der Waals surface area contributed by atoms with Crippen molar-refractivity contribution in [1.29, 1.82) is 5.41 Å². The van der Waals surface area contributed by atoms with E-state index in [1.807, 2.05) is 11.9 Å². The molecule has 0 radical (unpaired) electrons. The van der Waals surface area contributed by atoms with Crippen LogP contribution in [0.15, 0.2) is 18.5 Å². The van der Waals surface area contributed by atoms with E-state index in [0.717, 1.165) is 5.69 Å². The Morgan fingerprint density at radius 1 is 1.62 bits per heavy atom. The molecule has 0 atom stereocenters. The third-order valence-electron chi connectivity index (χ3n) is 2.13. The minimum Gasteiger partial charge on any atom is -0.389 e. The van der Waals surface area contributed by atoms with Gasteiger partial charge in [0.2, 0.25) is 0 Å². The predicted octanol–water partition coefficient (Wildman–Crippen LogP) is 0.573. The van der Waals surface area contributed by atoms with Gasteiger partial charge < -0.3 is 15.7 Å². The SMILES string of the molecule is CN(CC(C)(C)O)c1cnccc1C(=N)N. The number of anilines is 1. The zero-order valence-corrected chi connectivity index (χ0v) is 9.86. The number of hydrogen-bond acceptors (Lipinski definition) is 4. The van der Waals surface area contributed by atoms with Gasteiger partial charge in [0.05, 0.1) is 17.5 Å². The van der Waals surface area contributed by atoms with Crippen LogP contribution >= 0.6 is 0 Å². The van der Waals surface area contributed by atoms with E-state index in [1.165, 1.54) is 0 Å². The largest absolute Gasteiger partial charge is 0.389 e. The summed E-state index contributed by atoms with van der Waals surface area (Å²) in [5, 5.41) is 17.2. The van der Waals surface area contributed by atoms with E-state index in [4.69, 9.17) is 11.1 Å². The van der Waals surface area contributed by atoms with E-state index in [0.29, 0.717) is 12.1 Å². The molecule has 5 heteroatoms. The molecule has 0 aliphatic carbocycles. The first kappa shape index (κ1) is 12.4. The van der Waals surface area contributed by atoms with E-state index >= 15 is 0 Å². The lowest BCUT2D eigenvalue weighted by atomic mass is 10.1. The second-order valence-electron chi connectivity index (χ2n) is 4.47. The maximum atomic E-state index is 9.73. The molecule has 5 nitrogen and oxygen atoms in total. The third-order valence-corrected chi connectivity index (χ3v) is 2.13. The van der Waals surface area contributed by atoms with Crippen molar-refractivity contribution in [3.05, 3.63) is 24.0 Å². The molecule has 1 aromatic rings. The number of nitrogen functional groups attached to an aromatic ring is 1. The molecule has 0 amide bonds. The summed E-state index contributed by atoms with van der Waals surface area (Å²) >= 11 is 0. The van der Waals surface area contributed by atoms with Crippen molar-refractivity contribution in [2.45, 2.75) is 19.4 Å². The molecule has 0 unspecified atom stereocenters. The molecular formula is C11H18N4O. The van der Waals surface area contributed by atoms with Gasteiger partial charge in [0.1, 0.15) is 5.84 Å². The molecule has 0 saturated heterocycles. The van der Waals surface area contributed by atoms with Gasteiger partial charge >= 0.3 is 0 Å². The summed E-state index contributed by atoms with van der Waals surface area (Å²) in [7, 11) is 1.83. The quantitative estimate of drug-likeness (QED) is 0.513. The van der Waals surface area contributed by atoms with Gasteiger partial charge in [-0.1, -0.05) is 0 Å². The highest BCUT2D eigenvalue weighted by atomic mass is 16.3. The second kappa shape index (κ2) is 4.49. The Balaban J connectivity index is 2.99. The van der Waals surface area contributed by atoms with Gasteiger partial charge in [0, 0.05) is 25.4 Å². The smallest absolute Gasteiger partial charge is 0.125 e. The van der Waals surface area contributed by atoms with Crippen LogP contribution < -0.4 is 10.6 Å². The molecule has 0 spiro atoms. The molecule has 4 N–H and O–H groups in total. The predicted molar refractivity (Wildman–Crippen MR) is 64.8 cm³/mol. The van der Waals surface area contributed by atoms with Crippen LogP contribution in [-0.4, -0.2) is 35.1 Å². The molecule has 0 saturated carbocycles. The molecule has 0 aliphatic heterocycles. The minimum atomic E-state index is -0.807. The lowest BCUT2D eigenvalue weighted by molar-refractivity contribution is 0.0886. The van der Waals surface area contributed by atoms with Crippen LogP contribution in [0.1, 0.15) is 19.4 Å². The summed E-state index contributed by atoms with van der Waals surface area (Å²) in [6.07, 6.45) is 3.24. The van der Waals surface area contributed by atoms with Gasteiger partial charge in [-0.05, 0) is 19.9 Å². The first-order chi connectivity index (χ1) is 7.31. The monoisotopic (exact) mass is 222 g/mol. The van der Waals surface area contributed by atoms with Gasteiger partial charge in [0.15, 0.2) is 0 Å². The Bertz CT molecular complexity index is 384. The molecule has 88 valence electrons. The van der Waals surface area contributed by atoms with Gasteiger partial charge in [-0.3, -0.25) is 10.4 Å². The molecule has 0 aromatic carbocycles. The van der Waals surface area contributed by atoms with Crippen molar-refractivity contribution >= 4 is 11.5 Å². The fourth-order valence-electron chi connectivity index (χ4n) is 1.58. The Morgan fingerprint density at radius 2 is 2.25 bits per heavy atom. The van der Waals surface area contributed by atoms with Gasteiger partial charge in [-0.25, -0.2) is 0 Å². The number of rotatable bonds is 4. The minimum absolute atomic E-state index is 0.00000378. The Kier molecular flexibility index (Phi) is 3.49. The number of hydrogen-bond donors (Lipinski definition) is 3. The number of amidine groups is 1. The van der Waals surface area contributed by atoms with E-state index in [1.54, 1.807) is 32.3 Å². The zero-order chi connectivity index (χ0) is 12.3. The number of aromatic nitrogens is 1. The summed E-state index contributed by atoms with van der Waals surface area (Å²) < 4.78 is 0. The number of nitrogens with zero attached hydrogens (tertiary/aromatic N) is 2. The van der Waals surface area contributed by atoms with Crippen LogP contribution in [0.2, 0.25) is 0 Å². The highest BCUT2D eigenvalue weighted by Gasteiger charge is 2.18. The van der Waals surface area contributed by atoms with Crippen molar-refractivity contribution in [1.82, 2.24) is 4.98 Å².